The van der Waals surface area contributed by atoms with Crippen molar-refractivity contribution in [2.24, 2.45) is 0 Å². The number of hydrogen-bond donors (Lipinski definition) is 1. The second-order valence-electron chi connectivity index (χ2n) is 4.84. The van der Waals surface area contributed by atoms with E-state index < -0.39 is 0 Å². The van der Waals surface area contributed by atoms with Gasteiger partial charge in [-0.25, -0.2) is 4.98 Å². The summed E-state index contributed by atoms with van der Waals surface area (Å²) in [5.74, 6) is 1.72. The van der Waals surface area contributed by atoms with E-state index in [1.807, 2.05) is 0 Å². The zero-order valence-electron chi connectivity index (χ0n) is 11.0. The van der Waals surface area contributed by atoms with Gasteiger partial charge in [-0.1, -0.05) is 26.2 Å². The molecule has 1 saturated carbocycles. The molecule has 96 valence electrons. The molecule has 0 aliphatic heterocycles. The summed E-state index contributed by atoms with van der Waals surface area (Å²) in [6.45, 7) is 6.29. The van der Waals surface area contributed by atoms with Crippen molar-refractivity contribution >= 4 is 0 Å². The second kappa shape index (κ2) is 6.15. The molecule has 0 radical (unpaired) electrons. The first-order chi connectivity index (χ1) is 8.36. The summed E-state index contributed by atoms with van der Waals surface area (Å²) in [5.41, 5.74) is 0. The molecular weight excluding hydrogens is 212 g/mol. The minimum absolute atomic E-state index is 0.542. The van der Waals surface area contributed by atoms with Gasteiger partial charge >= 0.3 is 0 Å². The van der Waals surface area contributed by atoms with E-state index in [1.54, 1.807) is 6.33 Å². The third-order valence-corrected chi connectivity index (χ3v) is 3.76. The maximum absolute atomic E-state index is 4.50. The van der Waals surface area contributed by atoms with Crippen molar-refractivity contribution in [2.45, 2.75) is 64.5 Å². The molecule has 0 bridgehead atoms. The van der Waals surface area contributed by atoms with E-state index in [9.17, 15) is 0 Å². The first-order valence-electron chi connectivity index (χ1n) is 6.97. The fourth-order valence-electron chi connectivity index (χ4n) is 2.93. The average Bonchev–Trinajstić information content (AvgIpc) is 2.70. The van der Waals surface area contributed by atoms with Crippen LogP contribution >= 0.6 is 0 Å². The molecule has 1 N–H and O–H groups in total. The van der Waals surface area contributed by atoms with Crippen molar-refractivity contribution in [2.75, 3.05) is 6.54 Å². The molecule has 1 aliphatic rings. The molecule has 4 nitrogen and oxygen atoms in total. The molecule has 0 amide bonds. The Morgan fingerprint density at radius 1 is 1.29 bits per heavy atom. The Bertz CT molecular complexity index is 334. The van der Waals surface area contributed by atoms with Crippen molar-refractivity contribution in [3.05, 3.63) is 12.2 Å². The van der Waals surface area contributed by atoms with Crippen LogP contribution in [0.3, 0.4) is 0 Å². The average molecular weight is 236 g/mol. The predicted molar refractivity (Wildman–Crippen MR) is 69.0 cm³/mol. The highest BCUT2D eigenvalue weighted by molar-refractivity contribution is 5.02. The Labute approximate surface area is 104 Å². The topological polar surface area (TPSA) is 42.7 Å². The Kier molecular flexibility index (Phi) is 4.54. The van der Waals surface area contributed by atoms with Crippen molar-refractivity contribution in [3.63, 3.8) is 0 Å². The summed E-state index contributed by atoms with van der Waals surface area (Å²) in [5, 5.41) is 7.95. The molecule has 1 fully saturated rings. The summed E-state index contributed by atoms with van der Waals surface area (Å²) in [7, 11) is 0. The smallest absolute Gasteiger partial charge is 0.138 e. The Morgan fingerprint density at radius 3 is 2.88 bits per heavy atom. The summed E-state index contributed by atoms with van der Waals surface area (Å²) in [4.78, 5) is 4.50. The van der Waals surface area contributed by atoms with E-state index in [0.29, 0.717) is 12.0 Å². The van der Waals surface area contributed by atoms with Crippen LogP contribution < -0.4 is 5.32 Å². The number of rotatable bonds is 4. The number of hydrogen-bond acceptors (Lipinski definition) is 3. The predicted octanol–water partition coefficient (Wildman–Crippen LogP) is 2.32. The first-order valence-corrected chi connectivity index (χ1v) is 6.97. The van der Waals surface area contributed by atoms with Crippen LogP contribution in [0, 0.1) is 0 Å². The lowest BCUT2D eigenvalue weighted by Gasteiger charge is -2.25. The van der Waals surface area contributed by atoms with Crippen molar-refractivity contribution in [1.82, 2.24) is 20.1 Å². The third-order valence-electron chi connectivity index (χ3n) is 3.76. The van der Waals surface area contributed by atoms with Gasteiger partial charge in [0.1, 0.15) is 12.2 Å². The lowest BCUT2D eigenvalue weighted by molar-refractivity contribution is 0.391. The van der Waals surface area contributed by atoms with Crippen LogP contribution in [0.15, 0.2) is 6.33 Å². The molecular formula is C13H24N4. The minimum Gasteiger partial charge on any atom is -0.314 e. The first kappa shape index (κ1) is 12.6. The Balaban J connectivity index is 2.19. The quantitative estimate of drug-likeness (QED) is 0.816. The van der Waals surface area contributed by atoms with Gasteiger partial charge < -0.3 is 5.32 Å². The number of aromatic nitrogens is 3. The minimum atomic E-state index is 0.542. The maximum Gasteiger partial charge on any atom is 0.138 e. The SMILES string of the molecule is CCNC1CCCCCC1c1ncnn1CC. The highest BCUT2D eigenvalue weighted by Gasteiger charge is 2.27. The van der Waals surface area contributed by atoms with E-state index in [2.05, 4.69) is 33.9 Å². The number of nitrogens with one attached hydrogen (secondary N) is 1. The summed E-state index contributed by atoms with van der Waals surface area (Å²) in [6, 6.07) is 0.581. The highest BCUT2D eigenvalue weighted by Crippen LogP contribution is 2.30. The van der Waals surface area contributed by atoms with Crippen molar-refractivity contribution in [3.8, 4) is 0 Å². The van der Waals surface area contributed by atoms with Gasteiger partial charge in [0.2, 0.25) is 0 Å². The van der Waals surface area contributed by atoms with Crippen LogP contribution in [0.5, 0.6) is 0 Å². The summed E-state index contributed by atoms with van der Waals surface area (Å²) < 4.78 is 2.06. The number of nitrogens with zero attached hydrogens (tertiary/aromatic N) is 3. The van der Waals surface area contributed by atoms with Crippen molar-refractivity contribution in [1.29, 1.82) is 0 Å². The van der Waals surface area contributed by atoms with Crippen LogP contribution in [0.25, 0.3) is 0 Å². The molecule has 17 heavy (non-hydrogen) atoms. The third kappa shape index (κ3) is 2.86. The Hall–Kier alpha value is -0.900. The van der Waals surface area contributed by atoms with Crippen LogP contribution in [0.1, 0.15) is 57.7 Å². The molecule has 1 aromatic rings. The number of likely N-dealkylation sites (N-methyl/N-ethyl adjacent to an activating group) is 1. The van der Waals surface area contributed by atoms with Crippen LogP contribution in [-0.4, -0.2) is 27.4 Å². The van der Waals surface area contributed by atoms with Gasteiger partial charge in [0.05, 0.1) is 0 Å². The molecule has 2 unspecified atom stereocenters. The lowest BCUT2D eigenvalue weighted by Crippen LogP contribution is -2.35. The van der Waals surface area contributed by atoms with E-state index in [1.165, 1.54) is 37.9 Å². The van der Waals surface area contributed by atoms with Gasteiger partial charge in [-0.05, 0) is 26.3 Å². The fourth-order valence-corrected chi connectivity index (χ4v) is 2.93. The van der Waals surface area contributed by atoms with Gasteiger partial charge in [-0.2, -0.15) is 5.10 Å². The van der Waals surface area contributed by atoms with Crippen LogP contribution in [0.2, 0.25) is 0 Å². The second-order valence-corrected chi connectivity index (χ2v) is 4.84. The summed E-state index contributed by atoms with van der Waals surface area (Å²) >= 11 is 0. The highest BCUT2D eigenvalue weighted by atomic mass is 15.3. The van der Waals surface area contributed by atoms with Crippen LogP contribution in [0.4, 0.5) is 0 Å². The van der Waals surface area contributed by atoms with Gasteiger partial charge in [0, 0.05) is 18.5 Å². The van der Waals surface area contributed by atoms with E-state index in [4.69, 9.17) is 0 Å². The molecule has 0 spiro atoms. The fraction of sp³-hybridized carbons (Fsp3) is 0.846. The normalized spacial score (nSPS) is 25.8. The molecule has 2 rings (SSSR count). The van der Waals surface area contributed by atoms with E-state index in [-0.39, 0.29) is 0 Å². The molecule has 2 atom stereocenters. The monoisotopic (exact) mass is 236 g/mol. The molecule has 1 aromatic heterocycles. The standard InChI is InChI=1S/C13H24N4/c1-3-14-12-9-7-5-6-8-11(12)13-15-10-16-17(13)4-2/h10-12,14H,3-9H2,1-2H3. The largest absolute Gasteiger partial charge is 0.314 e. The van der Waals surface area contributed by atoms with Crippen molar-refractivity contribution < 1.29 is 0 Å². The van der Waals surface area contributed by atoms with Gasteiger partial charge in [-0.15, -0.1) is 0 Å². The summed E-state index contributed by atoms with van der Waals surface area (Å²) in [6.07, 6.45) is 8.24. The molecule has 4 heteroatoms. The molecule has 0 saturated heterocycles. The van der Waals surface area contributed by atoms with Crippen LogP contribution in [-0.2, 0) is 6.54 Å². The van der Waals surface area contributed by atoms with Gasteiger partial charge in [0.25, 0.3) is 0 Å². The zero-order valence-corrected chi connectivity index (χ0v) is 11.0. The molecule has 1 aliphatic carbocycles. The number of aryl methyl sites for hydroxylation is 1. The van der Waals surface area contributed by atoms with Gasteiger partial charge in [-0.3, -0.25) is 4.68 Å². The molecule has 1 heterocycles. The lowest BCUT2D eigenvalue weighted by atomic mass is 9.93. The maximum atomic E-state index is 4.50. The van der Waals surface area contributed by atoms with E-state index in [0.717, 1.165) is 13.1 Å². The van der Waals surface area contributed by atoms with Gasteiger partial charge in [0.15, 0.2) is 0 Å². The van der Waals surface area contributed by atoms with E-state index >= 15 is 0 Å². The Morgan fingerprint density at radius 2 is 2.12 bits per heavy atom. The zero-order chi connectivity index (χ0) is 12.1. The molecule has 0 aromatic carbocycles.